The fourth-order valence-electron chi connectivity index (χ4n) is 1.69. The highest BCUT2D eigenvalue weighted by Gasteiger charge is 2.01. The fraction of sp³-hybridized carbons (Fsp3) is 0.154. The Hall–Kier alpha value is -1.69. The molecule has 0 aliphatic carbocycles. The van der Waals surface area contributed by atoms with Gasteiger partial charge < -0.3 is 0 Å². The van der Waals surface area contributed by atoms with Gasteiger partial charge in [-0.1, -0.05) is 30.3 Å². The van der Waals surface area contributed by atoms with Crippen molar-refractivity contribution < 1.29 is 4.84 Å². The zero-order valence-corrected chi connectivity index (χ0v) is 10.6. The molecule has 0 saturated carbocycles. The van der Waals surface area contributed by atoms with Crippen LogP contribution in [0.3, 0.4) is 0 Å². The van der Waals surface area contributed by atoms with Crippen LogP contribution in [0, 0.1) is 0 Å². The van der Waals surface area contributed by atoms with Crippen molar-refractivity contribution in [3.05, 3.63) is 59.4 Å². The van der Waals surface area contributed by atoms with E-state index in [9.17, 15) is 0 Å². The third-order valence-electron chi connectivity index (χ3n) is 2.58. The lowest BCUT2D eigenvalue weighted by atomic mass is 10.2. The molecule has 1 aromatic carbocycles. The van der Waals surface area contributed by atoms with Gasteiger partial charge in [0, 0.05) is 17.8 Å². The number of hydroxylamine groups is 1. The molecule has 0 atom stereocenters. The summed E-state index contributed by atoms with van der Waals surface area (Å²) in [4.78, 5) is 10.9. The maximum Gasteiger partial charge on any atom is 0.193 e. The van der Waals surface area contributed by atoms with E-state index in [4.69, 9.17) is 4.84 Å². The summed E-state index contributed by atoms with van der Waals surface area (Å²) in [7, 11) is 0. The van der Waals surface area contributed by atoms with E-state index < -0.39 is 0 Å². The van der Waals surface area contributed by atoms with Crippen LogP contribution >= 0.6 is 11.3 Å². The molecular formula is C13H13N3OS. The second-order valence-electron chi connectivity index (χ2n) is 3.92. The van der Waals surface area contributed by atoms with Gasteiger partial charge in [0.1, 0.15) is 0 Å². The van der Waals surface area contributed by atoms with E-state index in [1.807, 2.05) is 52.5 Å². The summed E-state index contributed by atoms with van der Waals surface area (Å²) < 4.78 is 2.01. The lowest BCUT2D eigenvalue weighted by molar-refractivity contribution is 0.0229. The Morgan fingerprint density at radius 1 is 1.28 bits per heavy atom. The molecule has 92 valence electrons. The van der Waals surface area contributed by atoms with E-state index >= 15 is 0 Å². The van der Waals surface area contributed by atoms with Gasteiger partial charge in [-0.2, -0.15) is 5.48 Å². The smallest absolute Gasteiger partial charge is 0.193 e. The van der Waals surface area contributed by atoms with Crippen LogP contribution in [0.4, 0.5) is 0 Å². The highest BCUT2D eigenvalue weighted by atomic mass is 32.1. The Morgan fingerprint density at radius 2 is 2.17 bits per heavy atom. The highest BCUT2D eigenvalue weighted by Crippen LogP contribution is 2.11. The highest BCUT2D eigenvalue weighted by molar-refractivity contribution is 7.15. The number of rotatable bonds is 5. The second kappa shape index (κ2) is 5.30. The molecular weight excluding hydrogens is 246 g/mol. The standard InChI is InChI=1S/C13H13N3OS/c1-2-4-11(5-3-1)10-17-14-8-12-9-16-6-7-18-13(16)15-12/h1-7,9,14H,8,10H2. The van der Waals surface area contributed by atoms with Crippen molar-refractivity contribution in [1.29, 1.82) is 0 Å². The van der Waals surface area contributed by atoms with Crippen LogP contribution in [-0.4, -0.2) is 9.38 Å². The first-order chi connectivity index (χ1) is 8.92. The van der Waals surface area contributed by atoms with Gasteiger partial charge >= 0.3 is 0 Å². The molecule has 3 aromatic rings. The van der Waals surface area contributed by atoms with Crippen molar-refractivity contribution in [2.24, 2.45) is 0 Å². The molecule has 2 heterocycles. The van der Waals surface area contributed by atoms with Gasteiger partial charge in [0.25, 0.3) is 0 Å². The van der Waals surface area contributed by atoms with E-state index in [0.29, 0.717) is 13.2 Å². The number of imidazole rings is 1. The van der Waals surface area contributed by atoms with Crippen LogP contribution in [-0.2, 0) is 18.0 Å². The zero-order valence-electron chi connectivity index (χ0n) is 9.74. The van der Waals surface area contributed by atoms with E-state index in [1.54, 1.807) is 11.3 Å². The Bertz CT molecular complexity index is 589. The molecule has 0 radical (unpaired) electrons. The number of fused-ring (bicyclic) bond motifs is 1. The molecule has 0 bridgehead atoms. The Morgan fingerprint density at radius 3 is 3.00 bits per heavy atom. The topological polar surface area (TPSA) is 38.6 Å². The maximum atomic E-state index is 5.40. The molecule has 1 N–H and O–H groups in total. The lowest BCUT2D eigenvalue weighted by Gasteiger charge is -2.03. The average molecular weight is 259 g/mol. The quantitative estimate of drug-likeness (QED) is 0.565. The summed E-state index contributed by atoms with van der Waals surface area (Å²) in [5.41, 5.74) is 5.06. The molecule has 0 aliphatic heterocycles. The predicted molar refractivity (Wildman–Crippen MR) is 71.1 cm³/mol. The number of thiazole rings is 1. The summed E-state index contributed by atoms with van der Waals surface area (Å²) in [6.45, 7) is 1.17. The van der Waals surface area contributed by atoms with Crippen LogP contribution in [0.1, 0.15) is 11.3 Å². The number of hydrogen-bond acceptors (Lipinski definition) is 4. The SMILES string of the molecule is c1ccc(CONCc2cn3ccsc3n2)cc1. The second-order valence-corrected chi connectivity index (χ2v) is 4.79. The molecule has 0 fully saturated rings. The van der Waals surface area contributed by atoms with Gasteiger partial charge in [0.15, 0.2) is 4.96 Å². The molecule has 4 nitrogen and oxygen atoms in total. The summed E-state index contributed by atoms with van der Waals surface area (Å²) in [6, 6.07) is 10.1. The fourth-order valence-corrected chi connectivity index (χ4v) is 2.41. The largest absolute Gasteiger partial charge is 0.297 e. The van der Waals surface area contributed by atoms with E-state index in [0.717, 1.165) is 16.2 Å². The molecule has 5 heteroatoms. The molecule has 0 aliphatic rings. The van der Waals surface area contributed by atoms with Crippen molar-refractivity contribution in [2.75, 3.05) is 0 Å². The molecule has 2 aromatic heterocycles. The zero-order chi connectivity index (χ0) is 12.2. The van der Waals surface area contributed by atoms with Crippen molar-refractivity contribution in [3.63, 3.8) is 0 Å². The molecule has 18 heavy (non-hydrogen) atoms. The van der Waals surface area contributed by atoms with Crippen LogP contribution < -0.4 is 5.48 Å². The first kappa shape index (κ1) is 11.4. The summed E-state index contributed by atoms with van der Waals surface area (Å²) in [5, 5.41) is 2.02. The first-order valence-electron chi connectivity index (χ1n) is 5.71. The van der Waals surface area contributed by atoms with Gasteiger partial charge in [-0.25, -0.2) is 4.98 Å². The van der Waals surface area contributed by atoms with Gasteiger partial charge in [0.05, 0.1) is 18.8 Å². The monoisotopic (exact) mass is 259 g/mol. The number of hydrogen-bond donors (Lipinski definition) is 1. The average Bonchev–Trinajstić information content (AvgIpc) is 2.96. The molecule has 0 amide bonds. The van der Waals surface area contributed by atoms with Crippen molar-refractivity contribution >= 4 is 16.3 Å². The number of benzene rings is 1. The Balaban J connectivity index is 1.49. The van der Waals surface area contributed by atoms with Crippen molar-refractivity contribution in [1.82, 2.24) is 14.9 Å². The van der Waals surface area contributed by atoms with Gasteiger partial charge in [-0.15, -0.1) is 11.3 Å². The van der Waals surface area contributed by atoms with E-state index in [1.165, 1.54) is 0 Å². The van der Waals surface area contributed by atoms with Crippen molar-refractivity contribution in [3.8, 4) is 0 Å². The number of aromatic nitrogens is 2. The third kappa shape index (κ3) is 2.59. The molecule has 0 unspecified atom stereocenters. The molecule has 3 rings (SSSR count). The minimum absolute atomic E-state index is 0.559. The summed E-state index contributed by atoms with van der Waals surface area (Å²) >= 11 is 1.63. The van der Waals surface area contributed by atoms with Crippen LogP contribution in [0.25, 0.3) is 4.96 Å². The maximum absolute atomic E-state index is 5.40. The van der Waals surface area contributed by atoms with Gasteiger partial charge in [-0.3, -0.25) is 9.24 Å². The van der Waals surface area contributed by atoms with Crippen LogP contribution in [0.15, 0.2) is 48.1 Å². The predicted octanol–water partition coefficient (Wildman–Crippen LogP) is 2.62. The molecule has 0 spiro atoms. The van der Waals surface area contributed by atoms with Crippen molar-refractivity contribution in [2.45, 2.75) is 13.2 Å². The summed E-state index contributed by atoms with van der Waals surface area (Å²) in [6.07, 6.45) is 4.01. The number of nitrogens with zero attached hydrogens (tertiary/aromatic N) is 2. The van der Waals surface area contributed by atoms with Gasteiger partial charge in [-0.05, 0) is 5.56 Å². The minimum Gasteiger partial charge on any atom is -0.297 e. The van der Waals surface area contributed by atoms with E-state index in [2.05, 4.69) is 10.5 Å². The van der Waals surface area contributed by atoms with Gasteiger partial charge in [0.2, 0.25) is 0 Å². The molecule has 0 saturated heterocycles. The lowest BCUT2D eigenvalue weighted by Crippen LogP contribution is -2.14. The normalized spacial score (nSPS) is 11.1. The summed E-state index contributed by atoms with van der Waals surface area (Å²) in [5.74, 6) is 0. The van der Waals surface area contributed by atoms with Crippen LogP contribution in [0.5, 0.6) is 0 Å². The van der Waals surface area contributed by atoms with Crippen LogP contribution in [0.2, 0.25) is 0 Å². The Kier molecular flexibility index (Phi) is 3.36. The van der Waals surface area contributed by atoms with E-state index in [-0.39, 0.29) is 0 Å². The third-order valence-corrected chi connectivity index (χ3v) is 3.35. The number of nitrogens with one attached hydrogen (secondary N) is 1. The Labute approximate surface area is 109 Å². The first-order valence-corrected chi connectivity index (χ1v) is 6.59. The minimum atomic E-state index is 0.559.